The van der Waals surface area contributed by atoms with E-state index in [1.54, 1.807) is 26.1 Å². The van der Waals surface area contributed by atoms with Gasteiger partial charge in [0.2, 0.25) is 0 Å². The van der Waals surface area contributed by atoms with Crippen LogP contribution in [0.2, 0.25) is 0 Å². The van der Waals surface area contributed by atoms with Crippen molar-refractivity contribution in [2.75, 3.05) is 0 Å². The second-order valence-corrected chi connectivity index (χ2v) is 4.46. The molecule has 0 aliphatic rings. The first-order valence-electron chi connectivity index (χ1n) is 5.24. The minimum Gasteiger partial charge on any atom is -0.375 e. The van der Waals surface area contributed by atoms with Crippen molar-refractivity contribution < 1.29 is 32.7 Å². The summed E-state index contributed by atoms with van der Waals surface area (Å²) in [6.45, 7) is 14.7. The Morgan fingerprint density at radius 2 is 2.12 bits per heavy atom. The van der Waals surface area contributed by atoms with Crippen molar-refractivity contribution >= 4 is 0 Å². The van der Waals surface area contributed by atoms with Crippen molar-refractivity contribution in [3.8, 4) is 11.8 Å². The van der Waals surface area contributed by atoms with Crippen molar-refractivity contribution in [1.29, 1.82) is 0 Å². The van der Waals surface area contributed by atoms with Crippen LogP contribution in [0.15, 0.2) is 12.3 Å². The third kappa shape index (κ3) is 5.45. The van der Waals surface area contributed by atoms with Gasteiger partial charge in [0.05, 0.1) is 0 Å². The van der Waals surface area contributed by atoms with E-state index in [0.29, 0.717) is 11.6 Å². The van der Waals surface area contributed by atoms with Crippen LogP contribution in [0.4, 0.5) is 0 Å². The van der Waals surface area contributed by atoms with Crippen LogP contribution in [0, 0.1) is 24.5 Å². The Morgan fingerprint density at radius 3 is 2.53 bits per heavy atom. The van der Waals surface area contributed by atoms with Gasteiger partial charge in [0.15, 0.2) is 0 Å². The molecule has 85 valence electrons. The first kappa shape index (κ1) is 16.3. The summed E-state index contributed by atoms with van der Waals surface area (Å²) in [5.41, 5.74) is 1.11. The molecule has 1 rings (SSSR count). The molecule has 1 aromatic heterocycles. The van der Waals surface area contributed by atoms with Gasteiger partial charge in [0.25, 0.3) is 5.54 Å². The molecule has 0 saturated carbocycles. The van der Waals surface area contributed by atoms with Gasteiger partial charge >= 0.3 is 0 Å². The van der Waals surface area contributed by atoms with Crippen molar-refractivity contribution in [1.82, 2.24) is 4.98 Å². The molecule has 0 atom stereocenters. The standard InChI is InChI=1S/C14H15N2.Y/c1-11(2)12-6-7-13(16-10-12)8-9-14(3,4)15-5;/h7,10-11H,1-4H3;/q-1;. The van der Waals surface area contributed by atoms with Gasteiger partial charge in [0, 0.05) is 46.6 Å². The summed E-state index contributed by atoms with van der Waals surface area (Å²) in [5, 5.41) is 0. The van der Waals surface area contributed by atoms with Crippen LogP contribution in [0.25, 0.3) is 4.85 Å². The molecule has 0 spiro atoms. The molecular formula is C14H15N2Y-. The minimum atomic E-state index is -0.640. The van der Waals surface area contributed by atoms with Crippen molar-refractivity contribution in [3.05, 3.63) is 41.0 Å². The Bertz CT molecular complexity index is 456. The van der Waals surface area contributed by atoms with Crippen molar-refractivity contribution in [3.63, 3.8) is 0 Å². The first-order valence-corrected chi connectivity index (χ1v) is 5.24. The molecule has 3 heteroatoms. The zero-order chi connectivity index (χ0) is 12.2. The Labute approximate surface area is 129 Å². The molecule has 0 aliphatic carbocycles. The Kier molecular flexibility index (Phi) is 6.62. The molecule has 0 amide bonds. The fourth-order valence-electron chi connectivity index (χ4n) is 0.994. The maximum atomic E-state index is 6.96. The maximum absolute atomic E-state index is 6.96. The summed E-state index contributed by atoms with van der Waals surface area (Å²) >= 11 is 0. The maximum Gasteiger partial charge on any atom is 0.285 e. The molecule has 0 bridgehead atoms. The van der Waals surface area contributed by atoms with Gasteiger partial charge in [-0.05, 0) is 17.5 Å². The number of rotatable bonds is 1. The Hall–Kier alpha value is -0.696. The quantitative estimate of drug-likeness (QED) is 0.575. The van der Waals surface area contributed by atoms with Gasteiger partial charge < -0.3 is 4.98 Å². The van der Waals surface area contributed by atoms with E-state index in [4.69, 9.17) is 6.57 Å². The van der Waals surface area contributed by atoms with Gasteiger partial charge in [-0.15, -0.1) is 17.6 Å². The number of hydrogen-bond acceptors (Lipinski definition) is 1. The van der Waals surface area contributed by atoms with Gasteiger partial charge in [-0.25, -0.2) is 6.57 Å². The summed E-state index contributed by atoms with van der Waals surface area (Å²) in [5.74, 6) is 6.21. The molecular weight excluding hydrogens is 285 g/mol. The monoisotopic (exact) mass is 300 g/mol. The van der Waals surface area contributed by atoms with Gasteiger partial charge in [0.1, 0.15) is 0 Å². The second-order valence-electron chi connectivity index (χ2n) is 4.46. The first-order chi connectivity index (χ1) is 7.44. The molecule has 0 unspecified atom stereocenters. The zero-order valence-electron chi connectivity index (χ0n) is 10.7. The van der Waals surface area contributed by atoms with E-state index in [1.165, 1.54) is 0 Å². The predicted molar refractivity (Wildman–Crippen MR) is 64.7 cm³/mol. The van der Waals surface area contributed by atoms with E-state index in [-0.39, 0.29) is 32.7 Å². The number of aromatic nitrogens is 1. The Balaban J connectivity index is 0.00000256. The molecule has 1 aromatic rings. The molecule has 0 saturated heterocycles. The smallest absolute Gasteiger partial charge is 0.285 e. The third-order valence-corrected chi connectivity index (χ3v) is 2.12. The number of pyridine rings is 1. The molecule has 1 radical (unpaired) electrons. The largest absolute Gasteiger partial charge is 0.375 e. The summed E-state index contributed by atoms with van der Waals surface area (Å²) in [6.07, 6.45) is 1.79. The van der Waals surface area contributed by atoms with E-state index in [1.807, 2.05) is 0 Å². The molecule has 2 nitrogen and oxygen atoms in total. The van der Waals surface area contributed by atoms with Crippen molar-refractivity contribution in [2.24, 2.45) is 0 Å². The van der Waals surface area contributed by atoms with Gasteiger partial charge in [-0.3, -0.25) is 4.85 Å². The van der Waals surface area contributed by atoms with Crippen LogP contribution in [-0.2, 0) is 32.7 Å². The summed E-state index contributed by atoms with van der Waals surface area (Å²) < 4.78 is 0. The van der Waals surface area contributed by atoms with E-state index < -0.39 is 5.54 Å². The van der Waals surface area contributed by atoms with E-state index >= 15 is 0 Å². The van der Waals surface area contributed by atoms with Crippen LogP contribution in [0.1, 0.15) is 44.9 Å². The van der Waals surface area contributed by atoms with Crippen LogP contribution in [0.5, 0.6) is 0 Å². The van der Waals surface area contributed by atoms with Gasteiger partial charge in [-0.2, -0.15) is 6.07 Å². The minimum absolute atomic E-state index is 0. The molecule has 0 aromatic carbocycles. The average molecular weight is 300 g/mol. The number of nitrogens with zero attached hydrogens (tertiary/aromatic N) is 2. The fraction of sp³-hybridized carbons (Fsp3) is 0.429. The molecule has 0 fully saturated rings. The molecule has 0 aliphatic heterocycles. The van der Waals surface area contributed by atoms with E-state index in [0.717, 1.165) is 5.56 Å². The van der Waals surface area contributed by atoms with Crippen LogP contribution >= 0.6 is 0 Å². The zero-order valence-corrected chi connectivity index (χ0v) is 13.5. The number of hydrogen-bond donors (Lipinski definition) is 0. The van der Waals surface area contributed by atoms with Crippen LogP contribution in [-0.4, -0.2) is 10.5 Å². The van der Waals surface area contributed by atoms with Crippen LogP contribution < -0.4 is 0 Å². The van der Waals surface area contributed by atoms with Crippen LogP contribution in [0.3, 0.4) is 0 Å². The normalized spacial score (nSPS) is 9.88. The molecule has 0 N–H and O–H groups in total. The Morgan fingerprint density at radius 1 is 1.47 bits per heavy atom. The molecule has 1 heterocycles. The third-order valence-electron chi connectivity index (χ3n) is 2.12. The summed E-state index contributed by atoms with van der Waals surface area (Å²) in [4.78, 5) is 7.65. The summed E-state index contributed by atoms with van der Waals surface area (Å²) in [7, 11) is 0. The second kappa shape index (κ2) is 6.90. The SMILES string of the molecule is [C-]#[N+]C(C)(C)C#Cc1c[c-]c(C(C)C)cn1.[Y]. The topological polar surface area (TPSA) is 17.2 Å². The van der Waals surface area contributed by atoms with E-state index in [2.05, 4.69) is 41.6 Å². The predicted octanol–water partition coefficient (Wildman–Crippen LogP) is 3.05. The average Bonchev–Trinajstić information content (AvgIpc) is 2.27. The van der Waals surface area contributed by atoms with Gasteiger partial charge in [-0.1, -0.05) is 20.0 Å². The summed E-state index contributed by atoms with van der Waals surface area (Å²) in [6, 6.07) is 4.93. The van der Waals surface area contributed by atoms with Crippen molar-refractivity contribution in [2.45, 2.75) is 39.2 Å². The molecule has 17 heavy (non-hydrogen) atoms. The fourth-order valence-corrected chi connectivity index (χ4v) is 0.994. The van der Waals surface area contributed by atoms with E-state index in [9.17, 15) is 0 Å².